The second kappa shape index (κ2) is 5.44. The molecular formula is C18H19NO3. The van der Waals surface area contributed by atoms with Gasteiger partial charge in [0.2, 0.25) is 0 Å². The number of ether oxygens (including phenoxy) is 1. The van der Waals surface area contributed by atoms with Gasteiger partial charge in [-0.3, -0.25) is 4.79 Å². The monoisotopic (exact) mass is 297 g/mol. The van der Waals surface area contributed by atoms with Crippen LogP contribution in [0.4, 0.5) is 0 Å². The van der Waals surface area contributed by atoms with E-state index in [1.165, 1.54) is 12.7 Å². The van der Waals surface area contributed by atoms with E-state index in [1.54, 1.807) is 10.6 Å². The Bertz CT molecular complexity index is 818. The first kappa shape index (κ1) is 14.6. The van der Waals surface area contributed by atoms with E-state index in [2.05, 4.69) is 0 Å². The molecule has 0 fully saturated rings. The molecule has 0 spiro atoms. The first-order valence-corrected chi connectivity index (χ1v) is 7.45. The molecule has 2 aromatic rings. The Kier molecular flexibility index (Phi) is 3.61. The normalized spacial score (nSPS) is 13.0. The fourth-order valence-corrected chi connectivity index (χ4v) is 3.02. The van der Waals surface area contributed by atoms with Crippen LogP contribution in [0.25, 0.3) is 11.1 Å². The van der Waals surface area contributed by atoms with Crippen LogP contribution in [0.15, 0.2) is 29.1 Å². The van der Waals surface area contributed by atoms with Crippen molar-refractivity contribution in [2.24, 2.45) is 0 Å². The van der Waals surface area contributed by atoms with Gasteiger partial charge in [-0.15, -0.1) is 0 Å². The molecule has 0 amide bonds. The summed E-state index contributed by atoms with van der Waals surface area (Å²) in [5.74, 6) is -0.379. The number of hydrogen-bond donors (Lipinski definition) is 0. The Hall–Kier alpha value is -2.36. The van der Waals surface area contributed by atoms with Gasteiger partial charge >= 0.3 is 5.97 Å². The van der Waals surface area contributed by atoms with E-state index in [-0.39, 0.29) is 11.5 Å². The van der Waals surface area contributed by atoms with Crippen LogP contribution in [-0.2, 0) is 17.7 Å². The van der Waals surface area contributed by atoms with Crippen LogP contribution in [0.5, 0.6) is 0 Å². The van der Waals surface area contributed by atoms with Crippen LogP contribution < -0.4 is 5.56 Å². The predicted molar refractivity (Wildman–Crippen MR) is 85.3 cm³/mol. The fraction of sp³-hybridized carbons (Fsp3) is 0.333. The molecule has 0 radical (unpaired) electrons. The number of esters is 1. The van der Waals surface area contributed by atoms with E-state index >= 15 is 0 Å². The number of hydrogen-bond acceptors (Lipinski definition) is 3. The van der Waals surface area contributed by atoms with E-state index in [1.807, 2.05) is 32.0 Å². The zero-order valence-corrected chi connectivity index (χ0v) is 13.1. The minimum atomic E-state index is -0.379. The summed E-state index contributed by atoms with van der Waals surface area (Å²) in [7, 11) is 1.37. The van der Waals surface area contributed by atoms with Gasteiger partial charge in [0, 0.05) is 17.8 Å². The van der Waals surface area contributed by atoms with Crippen molar-refractivity contribution >= 4 is 5.97 Å². The number of rotatable bonds is 2. The van der Waals surface area contributed by atoms with Gasteiger partial charge in [0.15, 0.2) is 0 Å². The van der Waals surface area contributed by atoms with Gasteiger partial charge in [0.25, 0.3) is 5.56 Å². The number of benzene rings is 1. The number of methoxy groups -OCH3 is 1. The second-order valence-electron chi connectivity index (χ2n) is 5.77. The van der Waals surface area contributed by atoms with Crippen molar-refractivity contribution < 1.29 is 9.53 Å². The van der Waals surface area contributed by atoms with Gasteiger partial charge in [-0.05, 0) is 49.4 Å². The van der Waals surface area contributed by atoms with Crippen LogP contribution in [0.2, 0.25) is 0 Å². The smallest absolute Gasteiger partial charge is 0.339 e. The van der Waals surface area contributed by atoms with Gasteiger partial charge in [0.05, 0.1) is 12.7 Å². The summed E-state index contributed by atoms with van der Waals surface area (Å²) in [5.41, 5.74) is 5.00. The molecule has 0 aliphatic carbocycles. The summed E-state index contributed by atoms with van der Waals surface area (Å²) in [4.78, 5) is 24.8. The Balaban J connectivity index is 2.26. The molecule has 0 saturated heterocycles. The zero-order chi connectivity index (χ0) is 15.9. The summed E-state index contributed by atoms with van der Waals surface area (Å²) >= 11 is 0. The molecule has 1 aromatic heterocycles. The zero-order valence-electron chi connectivity index (χ0n) is 13.1. The molecule has 22 heavy (non-hydrogen) atoms. The summed E-state index contributed by atoms with van der Waals surface area (Å²) in [6.45, 7) is 4.72. The minimum Gasteiger partial charge on any atom is -0.465 e. The highest BCUT2D eigenvalue weighted by molar-refractivity contribution is 5.92. The van der Waals surface area contributed by atoms with Crippen molar-refractivity contribution in [3.8, 4) is 11.1 Å². The largest absolute Gasteiger partial charge is 0.465 e. The maximum Gasteiger partial charge on any atom is 0.339 e. The molecule has 4 nitrogen and oxygen atoms in total. The van der Waals surface area contributed by atoms with Gasteiger partial charge in [0.1, 0.15) is 0 Å². The third-order valence-corrected chi connectivity index (χ3v) is 4.42. The molecule has 1 aliphatic heterocycles. The Morgan fingerprint density at radius 3 is 2.64 bits per heavy atom. The third kappa shape index (κ3) is 2.25. The van der Waals surface area contributed by atoms with Gasteiger partial charge in [-0.25, -0.2) is 4.79 Å². The number of carbonyl (C=O) groups is 1. The highest BCUT2D eigenvalue weighted by Crippen LogP contribution is 2.25. The summed E-state index contributed by atoms with van der Waals surface area (Å²) in [6, 6.07) is 7.62. The third-order valence-electron chi connectivity index (χ3n) is 4.42. The second-order valence-corrected chi connectivity index (χ2v) is 5.77. The summed E-state index contributed by atoms with van der Waals surface area (Å²) in [5, 5.41) is 0. The number of fused-ring (bicyclic) bond motifs is 1. The lowest BCUT2D eigenvalue weighted by atomic mass is 9.99. The fourth-order valence-electron chi connectivity index (χ4n) is 3.02. The molecular weight excluding hydrogens is 278 g/mol. The first-order chi connectivity index (χ1) is 10.5. The highest BCUT2D eigenvalue weighted by atomic mass is 16.5. The number of nitrogens with zero attached hydrogens (tertiary/aromatic N) is 1. The van der Waals surface area contributed by atoms with E-state index in [9.17, 15) is 9.59 Å². The van der Waals surface area contributed by atoms with Crippen molar-refractivity contribution in [3.05, 3.63) is 57.0 Å². The molecule has 0 bridgehead atoms. The number of pyridine rings is 1. The summed E-state index contributed by atoms with van der Waals surface area (Å²) < 4.78 is 6.60. The molecule has 0 unspecified atom stereocenters. The Labute approximate surface area is 129 Å². The van der Waals surface area contributed by atoms with Gasteiger partial charge < -0.3 is 9.30 Å². The quantitative estimate of drug-likeness (QED) is 0.801. The molecule has 0 saturated carbocycles. The van der Waals surface area contributed by atoms with Crippen molar-refractivity contribution in [3.63, 3.8) is 0 Å². The highest BCUT2D eigenvalue weighted by Gasteiger charge is 2.23. The average Bonchev–Trinajstić information content (AvgIpc) is 3.00. The number of aryl methyl sites for hydroxylation is 2. The van der Waals surface area contributed by atoms with E-state index < -0.39 is 0 Å². The van der Waals surface area contributed by atoms with Crippen LogP contribution in [0.1, 0.15) is 33.6 Å². The van der Waals surface area contributed by atoms with Gasteiger partial charge in [-0.2, -0.15) is 0 Å². The first-order valence-electron chi connectivity index (χ1n) is 7.45. The van der Waals surface area contributed by atoms with Crippen molar-refractivity contribution in [2.75, 3.05) is 7.11 Å². The van der Waals surface area contributed by atoms with Gasteiger partial charge in [-0.1, -0.05) is 18.2 Å². The molecule has 114 valence electrons. The van der Waals surface area contributed by atoms with E-state index in [0.717, 1.165) is 29.7 Å². The summed E-state index contributed by atoms with van der Waals surface area (Å²) in [6.07, 6.45) is 1.63. The van der Waals surface area contributed by atoms with Crippen LogP contribution in [-0.4, -0.2) is 17.6 Å². The molecule has 1 aromatic carbocycles. The lowest BCUT2D eigenvalue weighted by Crippen LogP contribution is -2.24. The average molecular weight is 297 g/mol. The SMILES string of the molecule is COC(=O)c1cc(-c2ccc(C)c(C)c2)c(=O)n2c1CCC2. The van der Waals surface area contributed by atoms with Crippen LogP contribution in [0.3, 0.4) is 0 Å². The molecule has 1 aliphatic rings. The van der Waals surface area contributed by atoms with Crippen molar-refractivity contribution in [1.82, 2.24) is 4.57 Å². The van der Waals surface area contributed by atoms with E-state index in [0.29, 0.717) is 17.7 Å². The lowest BCUT2D eigenvalue weighted by Gasteiger charge is -2.12. The maximum absolute atomic E-state index is 12.7. The Morgan fingerprint density at radius 2 is 1.95 bits per heavy atom. The maximum atomic E-state index is 12.7. The molecule has 3 rings (SSSR count). The number of carbonyl (C=O) groups excluding carboxylic acids is 1. The Morgan fingerprint density at radius 1 is 1.18 bits per heavy atom. The molecule has 0 N–H and O–H groups in total. The van der Waals surface area contributed by atoms with Crippen molar-refractivity contribution in [1.29, 1.82) is 0 Å². The molecule has 0 atom stereocenters. The minimum absolute atomic E-state index is 0.0246. The predicted octanol–water partition coefficient (Wildman–Crippen LogP) is 2.86. The standard InChI is InChI=1S/C18H19NO3/c1-11-6-7-13(9-12(11)2)14-10-15(18(21)22-3)16-5-4-8-19(16)17(14)20/h6-7,9-10H,4-5,8H2,1-3H3. The number of aromatic nitrogens is 1. The van der Waals surface area contributed by atoms with Crippen LogP contribution >= 0.6 is 0 Å². The molecule has 4 heteroatoms. The van der Waals surface area contributed by atoms with E-state index in [4.69, 9.17) is 4.74 Å². The topological polar surface area (TPSA) is 48.3 Å². The van der Waals surface area contributed by atoms with Crippen molar-refractivity contribution in [2.45, 2.75) is 33.2 Å². The molecule has 2 heterocycles. The van der Waals surface area contributed by atoms with Crippen LogP contribution in [0, 0.1) is 13.8 Å². The lowest BCUT2D eigenvalue weighted by molar-refractivity contribution is 0.0598.